The van der Waals surface area contributed by atoms with Crippen LogP contribution in [0.1, 0.15) is 77.0 Å². The summed E-state index contributed by atoms with van der Waals surface area (Å²) in [7, 11) is 0. The number of nitrogens with two attached hydrogens (primary N) is 2. The van der Waals surface area contributed by atoms with E-state index in [0.717, 1.165) is 77.3 Å². The summed E-state index contributed by atoms with van der Waals surface area (Å²) >= 11 is 0. The number of amidine groups is 1. The predicted octanol–water partition coefficient (Wildman–Crippen LogP) is 1.36. The van der Waals surface area contributed by atoms with Gasteiger partial charge in [0, 0.05) is 37.0 Å². The van der Waals surface area contributed by atoms with Crippen molar-refractivity contribution in [2.75, 3.05) is 26.2 Å². The molecule has 202 valence electrons. The van der Waals surface area contributed by atoms with Crippen molar-refractivity contribution in [2.45, 2.75) is 101 Å². The molecule has 9 heteroatoms. The van der Waals surface area contributed by atoms with E-state index in [0.29, 0.717) is 29.9 Å². The second kappa shape index (κ2) is 11.4. The molecule has 3 aliphatic heterocycles. The van der Waals surface area contributed by atoms with Gasteiger partial charge in [-0.05, 0) is 102 Å². The van der Waals surface area contributed by atoms with Crippen molar-refractivity contribution < 1.29 is 9.59 Å². The molecule has 9 nitrogen and oxygen atoms in total. The van der Waals surface area contributed by atoms with Gasteiger partial charge in [0.15, 0.2) is 0 Å². The summed E-state index contributed by atoms with van der Waals surface area (Å²) in [6.07, 6.45) is 12.7. The molecular weight excluding hydrogens is 454 g/mol. The van der Waals surface area contributed by atoms with Gasteiger partial charge in [0.1, 0.15) is 0 Å². The van der Waals surface area contributed by atoms with Gasteiger partial charge in [-0.3, -0.25) is 30.1 Å². The van der Waals surface area contributed by atoms with Crippen LogP contribution >= 0.6 is 0 Å². The summed E-state index contributed by atoms with van der Waals surface area (Å²) < 4.78 is 0. The van der Waals surface area contributed by atoms with Crippen LogP contribution < -0.4 is 22.1 Å². The van der Waals surface area contributed by atoms with E-state index < -0.39 is 0 Å². The fourth-order valence-corrected chi connectivity index (χ4v) is 7.90. The number of nitrogens with zero attached hydrogens (tertiary/aromatic N) is 2. The molecule has 5 aliphatic rings. The SMILES string of the molecule is N=C(N)C1CCC2CC(C(=O)NC3CCC(N4CCCC4)NC3)N(CC3CCC(C(N)=O)CC3)C2C1. The zero-order chi connectivity index (χ0) is 25.2. The first kappa shape index (κ1) is 25.9. The number of piperidine rings is 1. The van der Waals surface area contributed by atoms with E-state index >= 15 is 0 Å². The third-order valence-electron chi connectivity index (χ3n) is 10.1. The largest absolute Gasteiger partial charge is 0.387 e. The van der Waals surface area contributed by atoms with Crippen molar-refractivity contribution in [2.24, 2.45) is 35.1 Å². The van der Waals surface area contributed by atoms with E-state index in [1.54, 1.807) is 0 Å². The average molecular weight is 502 g/mol. The zero-order valence-corrected chi connectivity index (χ0v) is 21.8. The smallest absolute Gasteiger partial charge is 0.237 e. The fraction of sp³-hybridized carbons (Fsp3) is 0.889. The molecule has 0 radical (unpaired) electrons. The van der Waals surface area contributed by atoms with Crippen LogP contribution in [0, 0.1) is 29.1 Å². The summed E-state index contributed by atoms with van der Waals surface area (Å²) in [5.41, 5.74) is 11.5. The quantitative estimate of drug-likeness (QED) is 0.264. The van der Waals surface area contributed by atoms with Crippen molar-refractivity contribution in [3.8, 4) is 0 Å². The van der Waals surface area contributed by atoms with Crippen molar-refractivity contribution in [1.29, 1.82) is 5.41 Å². The monoisotopic (exact) mass is 501 g/mol. The molecule has 3 saturated heterocycles. The zero-order valence-electron chi connectivity index (χ0n) is 21.8. The second-order valence-electron chi connectivity index (χ2n) is 12.3. The van der Waals surface area contributed by atoms with E-state index in [-0.39, 0.29) is 35.7 Å². The normalized spacial score (nSPS) is 40.0. The maximum atomic E-state index is 13.7. The van der Waals surface area contributed by atoms with Crippen LogP contribution in [0.3, 0.4) is 0 Å². The lowest BCUT2D eigenvalue weighted by atomic mass is 9.77. The molecule has 36 heavy (non-hydrogen) atoms. The summed E-state index contributed by atoms with van der Waals surface area (Å²) in [6, 6.07) is 0.411. The van der Waals surface area contributed by atoms with Crippen LogP contribution in [0.5, 0.6) is 0 Å². The molecule has 0 aromatic carbocycles. The van der Waals surface area contributed by atoms with E-state index in [9.17, 15) is 9.59 Å². The van der Waals surface area contributed by atoms with Gasteiger partial charge >= 0.3 is 0 Å². The first-order valence-electron chi connectivity index (χ1n) is 14.6. The van der Waals surface area contributed by atoms with Crippen LogP contribution in [-0.2, 0) is 9.59 Å². The minimum atomic E-state index is -0.170. The number of rotatable bonds is 7. The predicted molar refractivity (Wildman–Crippen MR) is 140 cm³/mol. The summed E-state index contributed by atoms with van der Waals surface area (Å²) in [4.78, 5) is 30.4. The lowest BCUT2D eigenvalue weighted by Crippen LogP contribution is -2.57. The topological polar surface area (TPSA) is 141 Å². The maximum absolute atomic E-state index is 13.7. The van der Waals surface area contributed by atoms with Gasteiger partial charge in [0.2, 0.25) is 11.8 Å². The van der Waals surface area contributed by atoms with Crippen molar-refractivity contribution in [3.63, 3.8) is 0 Å². The number of hydrogen-bond acceptors (Lipinski definition) is 6. The number of carbonyl (C=O) groups is 2. The highest BCUT2D eigenvalue weighted by molar-refractivity contribution is 5.83. The first-order valence-corrected chi connectivity index (χ1v) is 14.6. The number of carbonyl (C=O) groups excluding carboxylic acids is 2. The Morgan fingerprint density at radius 1 is 0.917 bits per heavy atom. The number of fused-ring (bicyclic) bond motifs is 1. The highest BCUT2D eigenvalue weighted by Crippen LogP contribution is 2.43. The highest BCUT2D eigenvalue weighted by Gasteiger charge is 2.48. The average Bonchev–Trinajstić information content (AvgIpc) is 3.53. The fourth-order valence-electron chi connectivity index (χ4n) is 7.90. The minimum Gasteiger partial charge on any atom is -0.387 e. The second-order valence-corrected chi connectivity index (χ2v) is 12.3. The number of amides is 2. The maximum Gasteiger partial charge on any atom is 0.237 e. The molecule has 0 spiro atoms. The van der Waals surface area contributed by atoms with Crippen molar-refractivity contribution in [3.05, 3.63) is 0 Å². The Balaban J connectivity index is 1.21. The van der Waals surface area contributed by atoms with Crippen molar-refractivity contribution >= 4 is 17.6 Å². The van der Waals surface area contributed by atoms with Gasteiger partial charge in [-0.15, -0.1) is 0 Å². The minimum absolute atomic E-state index is 0.00614. The van der Waals surface area contributed by atoms with E-state index in [1.807, 2.05) is 0 Å². The number of primary amides is 1. The Morgan fingerprint density at radius 2 is 1.64 bits per heavy atom. The third kappa shape index (κ3) is 5.73. The standard InChI is InChI=1S/C27H47N7O2/c28-25(29)20-8-7-19-13-23(27(36)32-21-9-10-24(31-15-21)33-11-1-2-12-33)34(22(19)14-20)16-17-3-5-18(6-4-17)26(30)35/h17-24,31H,1-16H2,(H3,28,29)(H2,30,35)(H,32,36). The highest BCUT2D eigenvalue weighted by atomic mass is 16.2. The molecule has 0 aromatic rings. The molecule has 6 atom stereocenters. The Labute approximate surface area is 216 Å². The molecule has 0 aromatic heterocycles. The molecule has 5 rings (SSSR count). The molecule has 2 amide bonds. The molecule has 5 fully saturated rings. The van der Waals surface area contributed by atoms with Crippen LogP contribution in [-0.4, -0.2) is 77.9 Å². The summed E-state index contributed by atoms with van der Waals surface area (Å²) in [5.74, 6) is 1.44. The van der Waals surface area contributed by atoms with Gasteiger partial charge in [0.05, 0.1) is 18.0 Å². The molecular formula is C27H47N7O2. The van der Waals surface area contributed by atoms with Gasteiger partial charge < -0.3 is 16.8 Å². The summed E-state index contributed by atoms with van der Waals surface area (Å²) in [6.45, 7) is 4.12. The summed E-state index contributed by atoms with van der Waals surface area (Å²) in [5, 5.41) is 15.1. The van der Waals surface area contributed by atoms with Gasteiger partial charge in [0.25, 0.3) is 0 Å². The van der Waals surface area contributed by atoms with Crippen molar-refractivity contribution in [1.82, 2.24) is 20.4 Å². The van der Waals surface area contributed by atoms with Gasteiger partial charge in [-0.25, -0.2) is 0 Å². The Hall–Kier alpha value is -1.71. The van der Waals surface area contributed by atoms with Crippen LogP contribution in [0.15, 0.2) is 0 Å². The van der Waals surface area contributed by atoms with Gasteiger partial charge in [-0.2, -0.15) is 0 Å². The van der Waals surface area contributed by atoms with E-state index in [4.69, 9.17) is 16.9 Å². The van der Waals surface area contributed by atoms with Crippen LogP contribution in [0.25, 0.3) is 0 Å². The molecule has 2 aliphatic carbocycles. The lowest BCUT2D eigenvalue weighted by molar-refractivity contribution is -0.127. The first-order chi connectivity index (χ1) is 17.4. The molecule has 3 heterocycles. The number of hydrogen-bond donors (Lipinski definition) is 5. The number of nitrogens with one attached hydrogen (secondary N) is 3. The van der Waals surface area contributed by atoms with E-state index in [2.05, 4.69) is 20.4 Å². The Kier molecular flexibility index (Phi) is 8.17. The Bertz CT molecular complexity index is 800. The van der Waals surface area contributed by atoms with Gasteiger partial charge in [-0.1, -0.05) is 0 Å². The molecule has 0 bridgehead atoms. The number of likely N-dealkylation sites (tertiary alicyclic amines) is 2. The Morgan fingerprint density at radius 3 is 2.28 bits per heavy atom. The lowest BCUT2D eigenvalue weighted by Gasteiger charge is -2.40. The van der Waals surface area contributed by atoms with Crippen LogP contribution in [0.2, 0.25) is 0 Å². The third-order valence-corrected chi connectivity index (χ3v) is 10.1. The molecule has 7 N–H and O–H groups in total. The molecule has 6 unspecified atom stereocenters. The van der Waals surface area contributed by atoms with E-state index in [1.165, 1.54) is 25.9 Å². The molecule has 2 saturated carbocycles. The van der Waals surface area contributed by atoms with Crippen LogP contribution in [0.4, 0.5) is 0 Å².